The van der Waals surface area contributed by atoms with Gasteiger partial charge in [-0.1, -0.05) is 38.1 Å². The van der Waals surface area contributed by atoms with Gasteiger partial charge in [0.2, 0.25) is 0 Å². The summed E-state index contributed by atoms with van der Waals surface area (Å²) >= 11 is 0. The van der Waals surface area contributed by atoms with Crippen molar-refractivity contribution in [3.8, 4) is 5.75 Å². The maximum absolute atomic E-state index is 12.4. The standard InChI is InChI=1S/C23H21NO4/c1-14-11-23(2,3)12-15-8-9-16(10-19(14)15)28-20(25)13-24-21(26)17-6-4-5-7-18(17)22(24)27/h4-11H,12-13H2,1-3H3. The third-order valence-corrected chi connectivity index (χ3v) is 5.16. The third kappa shape index (κ3) is 3.13. The van der Waals surface area contributed by atoms with Crippen LogP contribution in [-0.4, -0.2) is 29.2 Å². The van der Waals surface area contributed by atoms with Gasteiger partial charge in [0.05, 0.1) is 11.1 Å². The molecule has 2 aromatic rings. The first kappa shape index (κ1) is 18.2. The summed E-state index contributed by atoms with van der Waals surface area (Å²) in [5.74, 6) is -1.17. The summed E-state index contributed by atoms with van der Waals surface area (Å²) in [7, 11) is 0. The number of hydrogen-bond acceptors (Lipinski definition) is 4. The summed E-state index contributed by atoms with van der Waals surface area (Å²) in [5, 5.41) is 0. The first-order chi connectivity index (χ1) is 13.2. The van der Waals surface area contributed by atoms with Gasteiger partial charge in [-0.3, -0.25) is 14.5 Å². The van der Waals surface area contributed by atoms with Gasteiger partial charge in [0.25, 0.3) is 11.8 Å². The van der Waals surface area contributed by atoms with Crippen LogP contribution in [0.2, 0.25) is 0 Å². The molecular formula is C23H21NO4. The Kier molecular flexibility index (Phi) is 4.18. The third-order valence-electron chi connectivity index (χ3n) is 5.16. The van der Waals surface area contributed by atoms with Crippen LogP contribution in [0.1, 0.15) is 52.6 Å². The van der Waals surface area contributed by atoms with Crippen LogP contribution in [0, 0.1) is 5.41 Å². The minimum absolute atomic E-state index is 0.0980. The second-order valence-corrected chi connectivity index (χ2v) is 8.03. The highest BCUT2D eigenvalue weighted by Crippen LogP contribution is 2.37. The van der Waals surface area contributed by atoms with Crippen LogP contribution in [-0.2, 0) is 11.2 Å². The highest BCUT2D eigenvalue weighted by Gasteiger charge is 2.36. The van der Waals surface area contributed by atoms with Crippen molar-refractivity contribution in [1.29, 1.82) is 0 Å². The molecule has 0 atom stereocenters. The van der Waals surface area contributed by atoms with Gasteiger partial charge < -0.3 is 4.74 Å². The van der Waals surface area contributed by atoms with E-state index in [0.29, 0.717) is 16.9 Å². The van der Waals surface area contributed by atoms with E-state index in [-0.39, 0.29) is 5.41 Å². The molecule has 0 N–H and O–H groups in total. The number of nitrogens with zero attached hydrogens (tertiary/aromatic N) is 1. The van der Waals surface area contributed by atoms with E-state index < -0.39 is 24.3 Å². The molecule has 5 nitrogen and oxygen atoms in total. The Balaban J connectivity index is 1.49. The number of carbonyl (C=O) groups excluding carboxylic acids is 3. The van der Waals surface area contributed by atoms with Crippen molar-refractivity contribution >= 4 is 23.4 Å². The minimum Gasteiger partial charge on any atom is -0.425 e. The summed E-state index contributed by atoms with van der Waals surface area (Å²) in [6.07, 6.45) is 3.14. The van der Waals surface area contributed by atoms with E-state index in [9.17, 15) is 14.4 Å². The highest BCUT2D eigenvalue weighted by molar-refractivity contribution is 6.22. The number of fused-ring (bicyclic) bond motifs is 2. The molecule has 1 aliphatic heterocycles. The van der Waals surface area contributed by atoms with Gasteiger partial charge in [0.15, 0.2) is 0 Å². The van der Waals surface area contributed by atoms with Gasteiger partial charge in [-0.15, -0.1) is 0 Å². The zero-order valence-corrected chi connectivity index (χ0v) is 16.1. The fourth-order valence-electron chi connectivity index (χ4n) is 4.02. The molecule has 0 fully saturated rings. The van der Waals surface area contributed by atoms with Gasteiger partial charge >= 0.3 is 5.97 Å². The van der Waals surface area contributed by atoms with Crippen molar-refractivity contribution in [1.82, 2.24) is 4.90 Å². The van der Waals surface area contributed by atoms with E-state index in [0.717, 1.165) is 22.5 Å². The maximum Gasteiger partial charge on any atom is 0.331 e. The Morgan fingerprint density at radius 2 is 1.68 bits per heavy atom. The largest absolute Gasteiger partial charge is 0.425 e. The number of ether oxygens (including phenoxy) is 1. The molecule has 0 bridgehead atoms. The summed E-state index contributed by atoms with van der Waals surface area (Å²) in [6.45, 7) is 6.01. The van der Waals surface area contributed by atoms with Crippen molar-refractivity contribution < 1.29 is 19.1 Å². The van der Waals surface area contributed by atoms with Crippen LogP contribution < -0.4 is 4.74 Å². The second kappa shape index (κ2) is 6.44. The minimum atomic E-state index is -0.646. The average molecular weight is 375 g/mol. The fraction of sp³-hybridized carbons (Fsp3) is 0.261. The van der Waals surface area contributed by atoms with Gasteiger partial charge in [-0.25, -0.2) is 4.79 Å². The predicted molar refractivity (Wildman–Crippen MR) is 105 cm³/mol. The predicted octanol–water partition coefficient (Wildman–Crippen LogP) is 3.87. The van der Waals surface area contributed by atoms with E-state index in [2.05, 4.69) is 19.9 Å². The van der Waals surface area contributed by atoms with Gasteiger partial charge in [-0.2, -0.15) is 0 Å². The summed E-state index contributed by atoms with van der Waals surface area (Å²) in [5.41, 5.74) is 4.15. The van der Waals surface area contributed by atoms with Crippen LogP contribution in [0.4, 0.5) is 0 Å². The smallest absolute Gasteiger partial charge is 0.331 e. The van der Waals surface area contributed by atoms with Crippen molar-refractivity contribution in [2.75, 3.05) is 6.54 Å². The lowest BCUT2D eigenvalue weighted by Crippen LogP contribution is -2.36. The lowest BCUT2D eigenvalue weighted by Gasteiger charge is -2.29. The molecule has 28 heavy (non-hydrogen) atoms. The lowest BCUT2D eigenvalue weighted by atomic mass is 9.76. The number of benzene rings is 2. The number of amides is 2. The van der Waals surface area contributed by atoms with Crippen LogP contribution >= 0.6 is 0 Å². The van der Waals surface area contributed by atoms with Crippen LogP contribution in [0.5, 0.6) is 5.75 Å². The molecule has 0 aromatic heterocycles. The number of carbonyl (C=O) groups is 3. The Hall–Kier alpha value is -3.21. The van der Waals surface area contributed by atoms with Crippen molar-refractivity contribution in [3.05, 3.63) is 70.8 Å². The van der Waals surface area contributed by atoms with E-state index >= 15 is 0 Å². The lowest BCUT2D eigenvalue weighted by molar-refractivity contribution is -0.134. The molecule has 0 unspecified atom stereocenters. The van der Waals surface area contributed by atoms with Crippen LogP contribution in [0.25, 0.3) is 5.57 Å². The number of allylic oxidation sites excluding steroid dienone is 2. The van der Waals surface area contributed by atoms with Gasteiger partial charge in [0.1, 0.15) is 12.3 Å². The Bertz CT molecular complexity index is 1010. The Morgan fingerprint density at radius 3 is 2.32 bits per heavy atom. The normalized spacial score (nSPS) is 17.1. The zero-order chi connectivity index (χ0) is 20.1. The van der Waals surface area contributed by atoms with Crippen LogP contribution in [0.15, 0.2) is 48.5 Å². The Labute approximate surface area is 163 Å². The molecule has 0 spiro atoms. The second-order valence-electron chi connectivity index (χ2n) is 8.03. The van der Waals surface area contributed by atoms with Crippen molar-refractivity contribution in [2.24, 2.45) is 5.41 Å². The average Bonchev–Trinajstić information content (AvgIpc) is 2.87. The summed E-state index contributed by atoms with van der Waals surface area (Å²) in [6, 6.07) is 12.1. The van der Waals surface area contributed by atoms with E-state index in [1.807, 2.05) is 19.1 Å². The maximum atomic E-state index is 12.4. The molecule has 2 amide bonds. The van der Waals surface area contributed by atoms with Crippen molar-refractivity contribution in [2.45, 2.75) is 27.2 Å². The molecule has 0 saturated carbocycles. The molecule has 5 heteroatoms. The SMILES string of the molecule is CC1=CC(C)(C)Cc2ccc(OC(=O)CN3C(=O)c4ccccc4C3=O)cc21. The van der Waals surface area contributed by atoms with E-state index in [1.165, 1.54) is 5.56 Å². The Morgan fingerprint density at radius 1 is 1.04 bits per heavy atom. The first-order valence-electron chi connectivity index (χ1n) is 9.24. The quantitative estimate of drug-likeness (QED) is 0.464. The molecule has 1 heterocycles. The molecule has 0 radical (unpaired) electrons. The molecular weight excluding hydrogens is 354 g/mol. The van der Waals surface area contributed by atoms with E-state index in [1.54, 1.807) is 30.3 Å². The molecule has 4 rings (SSSR count). The summed E-state index contributed by atoms with van der Waals surface area (Å²) in [4.78, 5) is 38.1. The molecule has 2 aromatic carbocycles. The number of hydrogen-bond donors (Lipinski definition) is 0. The van der Waals surface area contributed by atoms with Crippen molar-refractivity contribution in [3.63, 3.8) is 0 Å². The van der Waals surface area contributed by atoms with E-state index in [4.69, 9.17) is 4.74 Å². The number of esters is 1. The fourth-order valence-corrected chi connectivity index (χ4v) is 4.02. The van der Waals surface area contributed by atoms with Crippen LogP contribution in [0.3, 0.4) is 0 Å². The number of rotatable bonds is 3. The summed E-state index contributed by atoms with van der Waals surface area (Å²) < 4.78 is 5.43. The zero-order valence-electron chi connectivity index (χ0n) is 16.1. The first-order valence-corrected chi connectivity index (χ1v) is 9.24. The van der Waals surface area contributed by atoms with Gasteiger partial charge in [0, 0.05) is 0 Å². The molecule has 2 aliphatic rings. The molecule has 142 valence electrons. The topological polar surface area (TPSA) is 63.7 Å². The monoisotopic (exact) mass is 375 g/mol. The molecule has 1 aliphatic carbocycles. The molecule has 0 saturated heterocycles. The van der Waals surface area contributed by atoms with Gasteiger partial charge in [-0.05, 0) is 59.7 Å². The highest BCUT2D eigenvalue weighted by atomic mass is 16.5. The number of imide groups is 1.